The first kappa shape index (κ1) is 16.0. The molecule has 0 bridgehead atoms. The SMILES string of the molecule is CCN(CC)CC(C)NCc1ccc(Br)c(Cl)c1. The fourth-order valence-corrected chi connectivity index (χ4v) is 2.33. The van der Waals surface area contributed by atoms with Gasteiger partial charge in [0.1, 0.15) is 0 Å². The topological polar surface area (TPSA) is 15.3 Å². The summed E-state index contributed by atoms with van der Waals surface area (Å²) >= 11 is 9.48. The van der Waals surface area contributed by atoms with Crippen LogP contribution in [-0.4, -0.2) is 30.6 Å². The molecule has 0 radical (unpaired) electrons. The average molecular weight is 334 g/mol. The van der Waals surface area contributed by atoms with Gasteiger partial charge in [-0.3, -0.25) is 0 Å². The molecule has 1 rings (SSSR count). The largest absolute Gasteiger partial charge is 0.309 e. The molecule has 4 heteroatoms. The van der Waals surface area contributed by atoms with E-state index in [4.69, 9.17) is 11.6 Å². The number of rotatable bonds is 7. The Hall–Kier alpha value is -0.0900. The van der Waals surface area contributed by atoms with Crippen molar-refractivity contribution in [2.45, 2.75) is 33.4 Å². The maximum Gasteiger partial charge on any atom is 0.0551 e. The lowest BCUT2D eigenvalue weighted by Crippen LogP contribution is -2.38. The number of benzene rings is 1. The second-order valence-corrected chi connectivity index (χ2v) is 5.78. The number of nitrogens with zero attached hydrogens (tertiary/aromatic N) is 1. The van der Waals surface area contributed by atoms with Gasteiger partial charge in [-0.1, -0.05) is 31.5 Å². The Labute approximate surface area is 124 Å². The van der Waals surface area contributed by atoms with E-state index in [0.29, 0.717) is 6.04 Å². The summed E-state index contributed by atoms with van der Waals surface area (Å²) in [5, 5.41) is 4.30. The molecule has 0 saturated heterocycles. The number of halogens is 2. The lowest BCUT2D eigenvalue weighted by Gasteiger charge is -2.23. The van der Waals surface area contributed by atoms with Gasteiger partial charge in [0.25, 0.3) is 0 Å². The van der Waals surface area contributed by atoms with E-state index in [1.165, 1.54) is 5.56 Å². The van der Waals surface area contributed by atoms with Crippen molar-refractivity contribution < 1.29 is 0 Å². The quantitative estimate of drug-likeness (QED) is 0.813. The molecule has 1 aromatic carbocycles. The van der Waals surface area contributed by atoms with Crippen LogP contribution in [0.4, 0.5) is 0 Å². The summed E-state index contributed by atoms with van der Waals surface area (Å²) < 4.78 is 0.948. The molecule has 0 aliphatic rings. The van der Waals surface area contributed by atoms with Crippen LogP contribution >= 0.6 is 27.5 Å². The summed E-state index contributed by atoms with van der Waals surface area (Å²) in [6.45, 7) is 10.8. The van der Waals surface area contributed by atoms with Crippen molar-refractivity contribution in [2.75, 3.05) is 19.6 Å². The normalized spacial score (nSPS) is 13.0. The second kappa shape index (κ2) is 8.16. The van der Waals surface area contributed by atoms with Crippen LogP contribution in [0.2, 0.25) is 5.02 Å². The third kappa shape index (κ3) is 5.27. The summed E-state index contributed by atoms with van der Waals surface area (Å²) in [5.41, 5.74) is 1.22. The zero-order valence-corrected chi connectivity index (χ0v) is 13.7. The minimum absolute atomic E-state index is 0.479. The highest BCUT2D eigenvalue weighted by Crippen LogP contribution is 2.23. The van der Waals surface area contributed by atoms with Gasteiger partial charge >= 0.3 is 0 Å². The first-order chi connectivity index (χ1) is 8.56. The summed E-state index contributed by atoms with van der Waals surface area (Å²) in [7, 11) is 0. The van der Waals surface area contributed by atoms with Gasteiger partial charge < -0.3 is 10.2 Å². The third-order valence-electron chi connectivity index (χ3n) is 3.07. The molecule has 1 unspecified atom stereocenters. The summed E-state index contributed by atoms with van der Waals surface area (Å²) in [4.78, 5) is 2.42. The maximum atomic E-state index is 6.08. The van der Waals surface area contributed by atoms with Gasteiger partial charge in [0, 0.05) is 23.6 Å². The van der Waals surface area contributed by atoms with Crippen molar-refractivity contribution in [2.24, 2.45) is 0 Å². The van der Waals surface area contributed by atoms with Crippen molar-refractivity contribution in [3.63, 3.8) is 0 Å². The van der Waals surface area contributed by atoms with E-state index in [-0.39, 0.29) is 0 Å². The molecule has 0 heterocycles. The number of likely N-dealkylation sites (N-methyl/N-ethyl adjacent to an activating group) is 1. The Kier molecular flexibility index (Phi) is 7.23. The Bertz CT molecular complexity index is 367. The van der Waals surface area contributed by atoms with Gasteiger partial charge in [0.05, 0.1) is 5.02 Å². The molecule has 0 aliphatic carbocycles. The molecule has 102 valence electrons. The summed E-state index contributed by atoms with van der Waals surface area (Å²) in [6.07, 6.45) is 0. The van der Waals surface area contributed by atoms with Crippen LogP contribution in [0.3, 0.4) is 0 Å². The van der Waals surface area contributed by atoms with Crippen molar-refractivity contribution in [3.8, 4) is 0 Å². The predicted octanol–water partition coefficient (Wildman–Crippen LogP) is 3.92. The monoisotopic (exact) mass is 332 g/mol. The summed E-state index contributed by atoms with van der Waals surface area (Å²) in [5.74, 6) is 0. The highest BCUT2D eigenvalue weighted by molar-refractivity contribution is 9.10. The van der Waals surface area contributed by atoms with Crippen LogP contribution in [0, 0.1) is 0 Å². The molecule has 0 aromatic heterocycles. The molecule has 0 saturated carbocycles. The molecular formula is C14H22BrClN2. The molecule has 0 amide bonds. The molecule has 18 heavy (non-hydrogen) atoms. The smallest absolute Gasteiger partial charge is 0.0551 e. The Morgan fingerprint density at radius 1 is 1.33 bits per heavy atom. The zero-order valence-electron chi connectivity index (χ0n) is 11.3. The molecule has 0 spiro atoms. The average Bonchev–Trinajstić information content (AvgIpc) is 2.37. The summed E-state index contributed by atoms with van der Waals surface area (Å²) in [6, 6.07) is 6.57. The van der Waals surface area contributed by atoms with Crippen LogP contribution in [0.25, 0.3) is 0 Å². The minimum atomic E-state index is 0.479. The van der Waals surface area contributed by atoms with Crippen molar-refractivity contribution in [1.29, 1.82) is 0 Å². The molecule has 1 atom stereocenters. The van der Waals surface area contributed by atoms with Crippen LogP contribution in [0.5, 0.6) is 0 Å². The Balaban J connectivity index is 2.42. The van der Waals surface area contributed by atoms with Crippen LogP contribution < -0.4 is 5.32 Å². The highest BCUT2D eigenvalue weighted by Gasteiger charge is 2.07. The van der Waals surface area contributed by atoms with Crippen molar-refractivity contribution in [1.82, 2.24) is 10.2 Å². The Morgan fingerprint density at radius 2 is 2.00 bits per heavy atom. The molecule has 1 aromatic rings. The molecule has 2 nitrogen and oxygen atoms in total. The van der Waals surface area contributed by atoms with Gasteiger partial charge in [0.2, 0.25) is 0 Å². The van der Waals surface area contributed by atoms with E-state index in [1.54, 1.807) is 0 Å². The Morgan fingerprint density at radius 3 is 2.56 bits per heavy atom. The van der Waals surface area contributed by atoms with Crippen LogP contribution in [-0.2, 0) is 6.54 Å². The highest BCUT2D eigenvalue weighted by atomic mass is 79.9. The standard InChI is InChI=1S/C14H22BrClN2/c1-4-18(5-2)10-11(3)17-9-12-6-7-13(15)14(16)8-12/h6-8,11,17H,4-5,9-10H2,1-3H3. The van der Waals surface area contributed by atoms with Crippen molar-refractivity contribution >= 4 is 27.5 Å². The zero-order chi connectivity index (χ0) is 13.5. The third-order valence-corrected chi connectivity index (χ3v) is 4.30. The van der Waals surface area contributed by atoms with Gasteiger partial charge in [-0.15, -0.1) is 0 Å². The van der Waals surface area contributed by atoms with E-state index in [1.807, 2.05) is 12.1 Å². The van der Waals surface area contributed by atoms with Gasteiger partial charge in [-0.05, 0) is 53.6 Å². The number of nitrogens with one attached hydrogen (secondary N) is 1. The number of hydrogen-bond acceptors (Lipinski definition) is 2. The molecule has 0 fully saturated rings. The van der Waals surface area contributed by atoms with Gasteiger partial charge in [-0.2, -0.15) is 0 Å². The predicted molar refractivity (Wildman–Crippen MR) is 83.2 cm³/mol. The molecule has 0 aliphatic heterocycles. The molecule has 1 N–H and O–H groups in total. The molecular weight excluding hydrogens is 312 g/mol. The fraction of sp³-hybridized carbons (Fsp3) is 0.571. The van der Waals surface area contributed by atoms with Crippen LogP contribution in [0.1, 0.15) is 26.3 Å². The van der Waals surface area contributed by atoms with E-state index in [0.717, 1.165) is 35.7 Å². The van der Waals surface area contributed by atoms with Gasteiger partial charge in [0.15, 0.2) is 0 Å². The van der Waals surface area contributed by atoms with E-state index in [9.17, 15) is 0 Å². The fourth-order valence-electron chi connectivity index (χ4n) is 1.88. The minimum Gasteiger partial charge on any atom is -0.309 e. The lowest BCUT2D eigenvalue weighted by atomic mass is 10.2. The van der Waals surface area contributed by atoms with E-state index in [2.05, 4.69) is 53.0 Å². The van der Waals surface area contributed by atoms with Crippen molar-refractivity contribution in [3.05, 3.63) is 33.3 Å². The van der Waals surface area contributed by atoms with Gasteiger partial charge in [-0.25, -0.2) is 0 Å². The van der Waals surface area contributed by atoms with E-state index >= 15 is 0 Å². The maximum absolute atomic E-state index is 6.08. The van der Waals surface area contributed by atoms with E-state index < -0.39 is 0 Å². The first-order valence-corrected chi connectivity index (χ1v) is 7.63. The second-order valence-electron chi connectivity index (χ2n) is 4.52. The van der Waals surface area contributed by atoms with Crippen LogP contribution in [0.15, 0.2) is 22.7 Å². The number of hydrogen-bond donors (Lipinski definition) is 1. The lowest BCUT2D eigenvalue weighted by molar-refractivity contribution is 0.270. The first-order valence-electron chi connectivity index (χ1n) is 6.46.